The van der Waals surface area contributed by atoms with E-state index in [2.05, 4.69) is 9.88 Å². The van der Waals surface area contributed by atoms with Crippen LogP contribution in [0.2, 0.25) is 10.0 Å². The Kier molecular flexibility index (Phi) is 5.75. The van der Waals surface area contributed by atoms with E-state index >= 15 is 0 Å². The number of benzene rings is 1. The summed E-state index contributed by atoms with van der Waals surface area (Å²) in [6, 6.07) is 4.90. The van der Waals surface area contributed by atoms with Crippen molar-refractivity contribution in [2.75, 3.05) is 37.6 Å². The molecule has 0 saturated carbocycles. The first-order chi connectivity index (χ1) is 13.6. The van der Waals surface area contributed by atoms with Crippen LogP contribution in [0.25, 0.3) is 0 Å². The molecule has 0 N–H and O–H groups in total. The van der Waals surface area contributed by atoms with Crippen molar-refractivity contribution in [1.82, 2.24) is 14.8 Å². The van der Waals surface area contributed by atoms with Gasteiger partial charge in [-0.05, 0) is 25.0 Å². The molecule has 1 aromatic carbocycles. The van der Waals surface area contributed by atoms with E-state index in [1.807, 2.05) is 10.3 Å². The molecule has 0 bridgehead atoms. The molecule has 28 heavy (non-hydrogen) atoms. The third-order valence-corrected chi connectivity index (χ3v) is 6.89. The van der Waals surface area contributed by atoms with E-state index in [4.69, 9.17) is 23.2 Å². The van der Waals surface area contributed by atoms with Gasteiger partial charge in [0.05, 0.1) is 15.6 Å². The van der Waals surface area contributed by atoms with Gasteiger partial charge in [0.1, 0.15) is 6.04 Å². The first-order valence-electron chi connectivity index (χ1n) is 9.24. The number of carbonyl (C=O) groups is 2. The Morgan fingerprint density at radius 2 is 1.82 bits per heavy atom. The highest BCUT2D eigenvalue weighted by atomic mass is 35.5. The van der Waals surface area contributed by atoms with Gasteiger partial charge in [-0.1, -0.05) is 29.3 Å². The molecule has 2 aliphatic heterocycles. The highest BCUT2D eigenvalue weighted by Gasteiger charge is 2.36. The maximum atomic E-state index is 13.1. The third kappa shape index (κ3) is 3.71. The van der Waals surface area contributed by atoms with Gasteiger partial charge in [0.25, 0.3) is 5.91 Å². The van der Waals surface area contributed by atoms with Crippen LogP contribution in [0.1, 0.15) is 23.2 Å². The molecule has 1 aromatic heterocycles. The average molecular weight is 439 g/mol. The molecule has 9 heteroatoms. The van der Waals surface area contributed by atoms with Crippen molar-refractivity contribution in [3.05, 3.63) is 45.4 Å². The minimum Gasteiger partial charge on any atom is -0.337 e. The summed E-state index contributed by atoms with van der Waals surface area (Å²) in [7, 11) is 0. The van der Waals surface area contributed by atoms with E-state index in [-0.39, 0.29) is 22.9 Å². The molecule has 0 radical (unpaired) electrons. The first-order valence-corrected chi connectivity index (χ1v) is 10.9. The Balaban J connectivity index is 1.39. The molecule has 2 aliphatic rings. The highest BCUT2D eigenvalue weighted by molar-refractivity contribution is 7.13. The predicted octanol–water partition coefficient (Wildman–Crippen LogP) is 3.40. The number of thiazole rings is 1. The number of aromatic nitrogens is 1. The molecular formula is C19H20Cl2N4O2S. The van der Waals surface area contributed by atoms with Crippen molar-refractivity contribution in [1.29, 1.82) is 0 Å². The Hall–Kier alpha value is -1.83. The van der Waals surface area contributed by atoms with Crippen LogP contribution in [0.15, 0.2) is 29.8 Å². The van der Waals surface area contributed by atoms with Crippen LogP contribution in [0, 0.1) is 0 Å². The van der Waals surface area contributed by atoms with Gasteiger partial charge in [0, 0.05) is 44.3 Å². The van der Waals surface area contributed by atoms with Crippen LogP contribution in [-0.4, -0.2) is 65.4 Å². The normalized spacial score (nSPS) is 19.9. The van der Waals surface area contributed by atoms with Gasteiger partial charge >= 0.3 is 0 Å². The van der Waals surface area contributed by atoms with Gasteiger partial charge < -0.3 is 14.7 Å². The van der Waals surface area contributed by atoms with Gasteiger partial charge in [-0.2, -0.15) is 0 Å². The molecule has 2 aromatic rings. The zero-order chi connectivity index (χ0) is 19.7. The smallest absolute Gasteiger partial charge is 0.255 e. The number of anilines is 1. The largest absolute Gasteiger partial charge is 0.337 e. The van der Waals surface area contributed by atoms with Crippen LogP contribution in [0.4, 0.5) is 5.13 Å². The fourth-order valence-corrected chi connectivity index (χ4v) is 4.89. The molecule has 2 fully saturated rings. The molecule has 4 rings (SSSR count). The van der Waals surface area contributed by atoms with Crippen LogP contribution in [0.5, 0.6) is 0 Å². The number of hydrogen-bond acceptors (Lipinski definition) is 5. The summed E-state index contributed by atoms with van der Waals surface area (Å²) < 4.78 is 0. The van der Waals surface area contributed by atoms with Crippen molar-refractivity contribution in [2.45, 2.75) is 18.9 Å². The second-order valence-corrected chi connectivity index (χ2v) is 8.54. The lowest BCUT2D eigenvalue weighted by molar-refractivity contribution is -0.133. The molecule has 0 aliphatic carbocycles. The number of hydrogen-bond donors (Lipinski definition) is 0. The lowest BCUT2D eigenvalue weighted by Crippen LogP contribution is -2.54. The lowest BCUT2D eigenvalue weighted by Gasteiger charge is -2.37. The fraction of sp³-hybridized carbons (Fsp3) is 0.421. The van der Waals surface area contributed by atoms with Crippen molar-refractivity contribution in [3.63, 3.8) is 0 Å². The van der Waals surface area contributed by atoms with Crippen LogP contribution >= 0.6 is 34.5 Å². The van der Waals surface area contributed by atoms with Crippen LogP contribution in [0.3, 0.4) is 0 Å². The number of piperazine rings is 1. The number of nitrogens with zero attached hydrogens (tertiary/aromatic N) is 4. The van der Waals surface area contributed by atoms with Crippen molar-refractivity contribution in [3.8, 4) is 0 Å². The summed E-state index contributed by atoms with van der Waals surface area (Å²) in [6.07, 6.45) is 3.60. The molecule has 1 unspecified atom stereocenters. The zero-order valence-electron chi connectivity index (χ0n) is 15.2. The molecule has 1 atom stereocenters. The predicted molar refractivity (Wildman–Crippen MR) is 111 cm³/mol. The van der Waals surface area contributed by atoms with Crippen molar-refractivity contribution < 1.29 is 9.59 Å². The number of halogens is 2. The monoisotopic (exact) mass is 438 g/mol. The summed E-state index contributed by atoms with van der Waals surface area (Å²) in [4.78, 5) is 35.9. The standard InChI is InChI=1S/C19H20Cl2N4O2S/c20-14-4-1-3-13(16(14)21)17(26)23-8-10-24(11-9-23)18(27)15-5-2-7-25(15)19-22-6-12-28-19/h1,3-4,6,12,15H,2,5,7-11H2. The van der Waals surface area contributed by atoms with E-state index in [9.17, 15) is 9.59 Å². The molecule has 3 heterocycles. The van der Waals surface area contributed by atoms with Gasteiger partial charge in [0.15, 0.2) is 5.13 Å². The molecule has 2 saturated heterocycles. The Labute approximate surface area is 177 Å². The van der Waals surface area contributed by atoms with E-state index in [0.717, 1.165) is 24.5 Å². The second-order valence-electron chi connectivity index (χ2n) is 6.88. The number of carbonyl (C=O) groups excluding carboxylic acids is 2. The van der Waals surface area contributed by atoms with Gasteiger partial charge in [-0.25, -0.2) is 4.98 Å². The molecule has 148 valence electrons. The summed E-state index contributed by atoms with van der Waals surface area (Å²) >= 11 is 13.8. The summed E-state index contributed by atoms with van der Waals surface area (Å²) in [5.74, 6) is -0.0227. The fourth-order valence-electron chi connectivity index (χ4n) is 3.79. The summed E-state index contributed by atoms with van der Waals surface area (Å²) in [5.41, 5.74) is 0.402. The van der Waals surface area contributed by atoms with E-state index in [1.165, 1.54) is 0 Å². The lowest BCUT2D eigenvalue weighted by atomic mass is 10.1. The molecule has 0 spiro atoms. The molecular weight excluding hydrogens is 419 g/mol. The third-order valence-electron chi connectivity index (χ3n) is 5.26. The molecule has 6 nitrogen and oxygen atoms in total. The van der Waals surface area contributed by atoms with Crippen molar-refractivity contribution in [2.24, 2.45) is 0 Å². The van der Waals surface area contributed by atoms with Gasteiger partial charge in [-0.3, -0.25) is 9.59 Å². The number of rotatable bonds is 3. The second kappa shape index (κ2) is 8.27. The van der Waals surface area contributed by atoms with Gasteiger partial charge in [-0.15, -0.1) is 11.3 Å². The average Bonchev–Trinajstić information content (AvgIpc) is 3.40. The molecule has 2 amide bonds. The quantitative estimate of drug-likeness (QED) is 0.736. The maximum Gasteiger partial charge on any atom is 0.255 e. The maximum absolute atomic E-state index is 13.1. The summed E-state index contributed by atoms with van der Waals surface area (Å²) in [5, 5.41) is 3.48. The first kappa shape index (κ1) is 19.5. The van der Waals surface area contributed by atoms with Gasteiger partial charge in [0.2, 0.25) is 5.91 Å². The minimum atomic E-state index is -0.157. The Morgan fingerprint density at radius 1 is 1.07 bits per heavy atom. The van der Waals surface area contributed by atoms with E-state index in [0.29, 0.717) is 36.8 Å². The Morgan fingerprint density at radius 3 is 2.54 bits per heavy atom. The van der Waals surface area contributed by atoms with Crippen molar-refractivity contribution >= 4 is 51.5 Å². The van der Waals surface area contributed by atoms with Crippen LogP contribution < -0.4 is 4.90 Å². The SMILES string of the molecule is O=C(c1cccc(Cl)c1Cl)N1CCN(C(=O)C2CCCN2c2nccs2)CC1. The topological polar surface area (TPSA) is 56.8 Å². The summed E-state index contributed by atoms with van der Waals surface area (Å²) in [6.45, 7) is 2.86. The highest BCUT2D eigenvalue weighted by Crippen LogP contribution is 2.29. The minimum absolute atomic E-state index is 0.126. The Bertz CT molecular complexity index is 869. The van der Waals surface area contributed by atoms with Crippen LogP contribution in [-0.2, 0) is 4.79 Å². The zero-order valence-corrected chi connectivity index (χ0v) is 17.5. The van der Waals surface area contributed by atoms with E-state index in [1.54, 1.807) is 40.6 Å². The number of amides is 2. The van der Waals surface area contributed by atoms with E-state index < -0.39 is 0 Å².